The summed E-state index contributed by atoms with van der Waals surface area (Å²) in [6.07, 6.45) is 3.32. The van der Waals surface area contributed by atoms with Crippen LogP contribution in [0.15, 0.2) is 67.0 Å². The van der Waals surface area contributed by atoms with Gasteiger partial charge in [-0.25, -0.2) is 9.97 Å². The Morgan fingerprint density at radius 3 is 2.68 bits per heavy atom. The Bertz CT molecular complexity index is 1310. The summed E-state index contributed by atoms with van der Waals surface area (Å²) in [6, 6.07) is 17.7. The second kappa shape index (κ2) is 9.39. The van der Waals surface area contributed by atoms with Crippen LogP contribution in [0.5, 0.6) is 23.3 Å². The van der Waals surface area contributed by atoms with Crippen molar-refractivity contribution in [3.05, 3.63) is 78.2 Å². The lowest BCUT2D eigenvalue weighted by atomic mass is 9.98. The fourth-order valence-corrected chi connectivity index (χ4v) is 3.81. The van der Waals surface area contributed by atoms with Crippen LogP contribution in [0.4, 0.5) is 0 Å². The van der Waals surface area contributed by atoms with Gasteiger partial charge in [0.2, 0.25) is 5.88 Å². The summed E-state index contributed by atoms with van der Waals surface area (Å²) in [4.78, 5) is 13.2. The fourth-order valence-electron chi connectivity index (χ4n) is 3.81. The summed E-state index contributed by atoms with van der Waals surface area (Å²) in [7, 11) is 1.60. The van der Waals surface area contributed by atoms with Crippen LogP contribution < -0.4 is 18.9 Å². The molecule has 7 heteroatoms. The monoisotopic (exact) mass is 455 g/mol. The minimum absolute atomic E-state index is 0.247. The van der Waals surface area contributed by atoms with E-state index in [0.717, 1.165) is 33.6 Å². The number of hydrogen-bond donors (Lipinski definition) is 0. The van der Waals surface area contributed by atoms with E-state index < -0.39 is 0 Å². The van der Waals surface area contributed by atoms with E-state index in [1.165, 1.54) is 0 Å². The summed E-state index contributed by atoms with van der Waals surface area (Å²) in [5.74, 6) is 2.25. The molecular formula is C27H25N3O4. The van der Waals surface area contributed by atoms with Crippen LogP contribution in [-0.2, 0) is 0 Å². The molecule has 1 aliphatic heterocycles. The molecule has 4 aromatic rings. The predicted molar refractivity (Wildman–Crippen MR) is 129 cm³/mol. The Morgan fingerprint density at radius 2 is 1.88 bits per heavy atom. The van der Waals surface area contributed by atoms with Gasteiger partial charge in [-0.05, 0) is 43.2 Å². The number of benzene rings is 1. The van der Waals surface area contributed by atoms with Crippen molar-refractivity contribution in [1.82, 2.24) is 15.0 Å². The molecule has 0 bridgehead atoms. The zero-order chi connectivity index (χ0) is 23.5. The van der Waals surface area contributed by atoms with Crippen molar-refractivity contribution in [2.75, 3.05) is 20.3 Å². The Hall–Kier alpha value is -4.13. The molecule has 0 fully saturated rings. The average molecular weight is 456 g/mol. The van der Waals surface area contributed by atoms with E-state index in [9.17, 15) is 0 Å². The van der Waals surface area contributed by atoms with Gasteiger partial charge in [0.15, 0.2) is 11.9 Å². The first-order chi connectivity index (χ1) is 16.6. The Morgan fingerprint density at radius 1 is 1.00 bits per heavy atom. The molecule has 4 heterocycles. The van der Waals surface area contributed by atoms with Gasteiger partial charge in [-0.3, -0.25) is 4.98 Å². The van der Waals surface area contributed by atoms with Gasteiger partial charge in [0.25, 0.3) is 5.88 Å². The molecule has 5 rings (SSSR count). The summed E-state index contributed by atoms with van der Waals surface area (Å²) >= 11 is 0. The molecule has 1 aromatic carbocycles. The Labute approximate surface area is 198 Å². The van der Waals surface area contributed by atoms with E-state index in [1.54, 1.807) is 19.4 Å². The minimum Gasteiger partial charge on any atom is -0.489 e. The van der Waals surface area contributed by atoms with Gasteiger partial charge >= 0.3 is 0 Å². The van der Waals surface area contributed by atoms with E-state index in [-0.39, 0.29) is 6.10 Å². The van der Waals surface area contributed by atoms with Gasteiger partial charge in [0, 0.05) is 41.3 Å². The van der Waals surface area contributed by atoms with Crippen molar-refractivity contribution in [3.8, 4) is 45.6 Å². The predicted octanol–water partition coefficient (Wildman–Crippen LogP) is 5.05. The lowest BCUT2D eigenvalue weighted by Gasteiger charge is -2.25. The summed E-state index contributed by atoms with van der Waals surface area (Å²) in [6.45, 7) is 4.74. The van der Waals surface area contributed by atoms with Gasteiger partial charge in [-0.2, -0.15) is 0 Å². The molecule has 0 unspecified atom stereocenters. The molecule has 0 N–H and O–H groups in total. The smallest absolute Gasteiger partial charge is 0.257 e. The van der Waals surface area contributed by atoms with Crippen LogP contribution in [0.25, 0.3) is 22.4 Å². The van der Waals surface area contributed by atoms with E-state index >= 15 is 0 Å². The van der Waals surface area contributed by atoms with Crippen molar-refractivity contribution < 1.29 is 18.9 Å². The summed E-state index contributed by atoms with van der Waals surface area (Å²) in [5.41, 5.74) is 6.06. The highest BCUT2D eigenvalue weighted by Gasteiger charge is 2.22. The highest BCUT2D eigenvalue weighted by Crippen LogP contribution is 2.32. The van der Waals surface area contributed by atoms with Gasteiger partial charge in [0.1, 0.15) is 19.0 Å². The normalized spacial score (nSPS) is 14.5. The summed E-state index contributed by atoms with van der Waals surface area (Å²) < 4.78 is 23.1. The molecule has 0 aliphatic carbocycles. The van der Waals surface area contributed by atoms with E-state index in [0.29, 0.717) is 36.5 Å². The third-order valence-corrected chi connectivity index (χ3v) is 5.60. The molecule has 0 saturated carbocycles. The molecule has 0 amide bonds. The van der Waals surface area contributed by atoms with E-state index in [2.05, 4.69) is 46.1 Å². The number of hydrogen-bond acceptors (Lipinski definition) is 7. The van der Waals surface area contributed by atoms with Gasteiger partial charge in [-0.1, -0.05) is 24.3 Å². The number of rotatable bonds is 6. The molecular weight excluding hydrogens is 430 g/mol. The van der Waals surface area contributed by atoms with Crippen LogP contribution in [0.2, 0.25) is 0 Å². The maximum atomic E-state index is 6.06. The Kier molecular flexibility index (Phi) is 5.99. The zero-order valence-corrected chi connectivity index (χ0v) is 19.3. The molecule has 0 saturated heterocycles. The first-order valence-corrected chi connectivity index (χ1v) is 11.1. The lowest BCUT2D eigenvalue weighted by molar-refractivity contribution is 0.0500. The lowest BCUT2D eigenvalue weighted by Crippen LogP contribution is -2.34. The first kappa shape index (κ1) is 21.7. The van der Waals surface area contributed by atoms with Crippen LogP contribution in [0, 0.1) is 13.8 Å². The second-order valence-corrected chi connectivity index (χ2v) is 8.12. The van der Waals surface area contributed by atoms with Crippen LogP contribution in [0.1, 0.15) is 11.3 Å². The van der Waals surface area contributed by atoms with Gasteiger partial charge in [-0.15, -0.1) is 0 Å². The van der Waals surface area contributed by atoms with Gasteiger partial charge < -0.3 is 18.9 Å². The standard InChI is InChI=1S/C27H25N3O4/c1-17-11-19(20-7-6-18(2)29-14-20)8-9-23(17)24-12-21(13-26(30-24)31-3)32-15-22-16-33-27-25(34-22)5-4-10-28-27/h4-14,22H,15-16H2,1-3H3/t22-/m0/s1. The van der Waals surface area contributed by atoms with Gasteiger partial charge in [0.05, 0.1) is 12.8 Å². The molecule has 172 valence electrons. The van der Waals surface area contributed by atoms with Crippen molar-refractivity contribution in [3.63, 3.8) is 0 Å². The highest BCUT2D eigenvalue weighted by molar-refractivity contribution is 5.72. The number of nitrogens with zero attached hydrogens (tertiary/aromatic N) is 3. The number of aryl methyl sites for hydroxylation is 2. The number of fused-ring (bicyclic) bond motifs is 1. The zero-order valence-electron chi connectivity index (χ0n) is 19.3. The molecule has 0 spiro atoms. The third kappa shape index (κ3) is 4.64. The summed E-state index contributed by atoms with van der Waals surface area (Å²) in [5, 5.41) is 0. The van der Waals surface area contributed by atoms with Crippen molar-refractivity contribution in [2.24, 2.45) is 0 Å². The molecule has 3 aromatic heterocycles. The topological polar surface area (TPSA) is 75.6 Å². The van der Waals surface area contributed by atoms with Crippen molar-refractivity contribution in [2.45, 2.75) is 20.0 Å². The molecule has 34 heavy (non-hydrogen) atoms. The van der Waals surface area contributed by atoms with Crippen LogP contribution in [0.3, 0.4) is 0 Å². The SMILES string of the molecule is COc1cc(OC[C@H]2COc3ncccc3O2)cc(-c2ccc(-c3ccc(C)nc3)cc2C)n1. The van der Waals surface area contributed by atoms with Crippen molar-refractivity contribution >= 4 is 0 Å². The van der Waals surface area contributed by atoms with E-state index in [4.69, 9.17) is 18.9 Å². The fraction of sp³-hybridized carbons (Fsp3) is 0.222. The molecule has 1 aliphatic rings. The number of pyridine rings is 3. The largest absolute Gasteiger partial charge is 0.489 e. The van der Waals surface area contributed by atoms with E-state index in [1.807, 2.05) is 37.4 Å². The third-order valence-electron chi connectivity index (χ3n) is 5.60. The van der Waals surface area contributed by atoms with Crippen LogP contribution in [-0.4, -0.2) is 41.4 Å². The molecule has 7 nitrogen and oxygen atoms in total. The Balaban J connectivity index is 1.35. The van der Waals surface area contributed by atoms with Crippen molar-refractivity contribution in [1.29, 1.82) is 0 Å². The number of aromatic nitrogens is 3. The molecule has 0 radical (unpaired) electrons. The highest BCUT2D eigenvalue weighted by atomic mass is 16.6. The molecule has 1 atom stereocenters. The quantitative estimate of drug-likeness (QED) is 0.403. The number of ether oxygens (including phenoxy) is 4. The second-order valence-electron chi connectivity index (χ2n) is 8.12. The number of methoxy groups -OCH3 is 1. The maximum Gasteiger partial charge on any atom is 0.257 e. The van der Waals surface area contributed by atoms with Crippen LogP contribution >= 0.6 is 0 Å². The minimum atomic E-state index is -0.247. The first-order valence-electron chi connectivity index (χ1n) is 11.1. The average Bonchev–Trinajstić information content (AvgIpc) is 2.87. The maximum absolute atomic E-state index is 6.06.